The molecular weight excluding hydrogens is 336 g/mol. The molecule has 1 aliphatic carbocycles. The van der Waals surface area contributed by atoms with Crippen LogP contribution in [0, 0.1) is 12.8 Å². The number of hydrogen-bond donors (Lipinski definition) is 0. The quantitative estimate of drug-likeness (QED) is 0.773. The number of nitrogens with zero attached hydrogens (tertiary/aromatic N) is 2. The molecule has 2 aliphatic rings. The molecule has 0 bridgehead atoms. The van der Waals surface area contributed by atoms with E-state index < -0.39 is 0 Å². The third-order valence-electron chi connectivity index (χ3n) is 5.96. The lowest BCUT2D eigenvalue weighted by atomic mass is 10.0. The van der Waals surface area contributed by atoms with Crippen LogP contribution in [0.5, 0.6) is 5.75 Å². The van der Waals surface area contributed by atoms with Crippen LogP contribution in [-0.4, -0.2) is 29.4 Å². The molecule has 27 heavy (non-hydrogen) atoms. The highest BCUT2D eigenvalue weighted by Crippen LogP contribution is 2.37. The van der Waals surface area contributed by atoms with Crippen molar-refractivity contribution in [2.75, 3.05) is 13.7 Å². The first-order valence-electron chi connectivity index (χ1n) is 10.1. The molecule has 0 radical (unpaired) electrons. The van der Waals surface area contributed by atoms with Gasteiger partial charge in [-0.15, -0.1) is 0 Å². The summed E-state index contributed by atoms with van der Waals surface area (Å²) in [5.41, 5.74) is 4.27. The number of amides is 1. The van der Waals surface area contributed by atoms with Gasteiger partial charge in [0.05, 0.1) is 18.8 Å². The average Bonchev–Trinajstić information content (AvgIpc) is 3.39. The lowest BCUT2D eigenvalue weighted by Gasteiger charge is -2.27. The first kappa shape index (κ1) is 18.0. The van der Waals surface area contributed by atoms with Crippen LogP contribution in [0.25, 0.3) is 11.1 Å². The summed E-state index contributed by atoms with van der Waals surface area (Å²) < 4.78 is 5.37. The Bertz CT molecular complexity index is 827. The Morgan fingerprint density at radius 2 is 1.89 bits per heavy atom. The number of carbonyl (C=O) groups excluding carboxylic acids is 1. The minimum Gasteiger partial charge on any atom is -0.497 e. The van der Waals surface area contributed by atoms with E-state index in [1.807, 2.05) is 19.1 Å². The fraction of sp³-hybridized carbons (Fsp3) is 0.478. The third-order valence-corrected chi connectivity index (χ3v) is 5.96. The minimum absolute atomic E-state index is 0.113. The van der Waals surface area contributed by atoms with Gasteiger partial charge in [0.1, 0.15) is 5.75 Å². The number of aromatic nitrogens is 1. The van der Waals surface area contributed by atoms with E-state index in [-0.39, 0.29) is 12.0 Å². The van der Waals surface area contributed by atoms with Gasteiger partial charge in [0, 0.05) is 18.2 Å². The van der Waals surface area contributed by atoms with Crippen molar-refractivity contribution in [3.63, 3.8) is 0 Å². The Morgan fingerprint density at radius 3 is 2.67 bits per heavy atom. The zero-order chi connectivity index (χ0) is 18.8. The van der Waals surface area contributed by atoms with Crippen molar-refractivity contribution >= 4 is 5.91 Å². The molecule has 2 fully saturated rings. The van der Waals surface area contributed by atoms with Gasteiger partial charge in [-0.1, -0.05) is 25.0 Å². The molecule has 4 heteroatoms. The van der Waals surface area contributed by atoms with E-state index >= 15 is 0 Å². The molecule has 0 N–H and O–H groups in total. The van der Waals surface area contributed by atoms with Crippen LogP contribution in [0.1, 0.15) is 56.0 Å². The summed E-state index contributed by atoms with van der Waals surface area (Å²) in [5.74, 6) is 1.43. The average molecular weight is 364 g/mol. The van der Waals surface area contributed by atoms with E-state index in [1.54, 1.807) is 7.11 Å². The standard InChI is InChI=1S/C23H28N2O2/c1-16-13-19(18-9-5-10-20(14-18)27-2)15-21(24-16)22-11-6-12-25(22)23(26)17-7-3-4-8-17/h5,9-10,13-15,17,22H,3-4,6-8,11-12H2,1-2H3. The van der Waals surface area contributed by atoms with Gasteiger partial charge in [0.15, 0.2) is 0 Å². The smallest absolute Gasteiger partial charge is 0.226 e. The first-order valence-corrected chi connectivity index (χ1v) is 10.1. The van der Waals surface area contributed by atoms with E-state index in [4.69, 9.17) is 9.72 Å². The molecule has 1 unspecified atom stereocenters. The predicted molar refractivity (Wildman–Crippen MR) is 107 cm³/mol. The van der Waals surface area contributed by atoms with Gasteiger partial charge in [0.25, 0.3) is 0 Å². The van der Waals surface area contributed by atoms with Crippen LogP contribution >= 0.6 is 0 Å². The van der Waals surface area contributed by atoms with Crippen LogP contribution < -0.4 is 4.74 Å². The fourth-order valence-electron chi connectivity index (χ4n) is 4.58. The van der Waals surface area contributed by atoms with Crippen LogP contribution in [0.15, 0.2) is 36.4 Å². The summed E-state index contributed by atoms with van der Waals surface area (Å²) in [7, 11) is 1.69. The van der Waals surface area contributed by atoms with Crippen molar-refractivity contribution in [2.24, 2.45) is 5.92 Å². The molecule has 0 spiro atoms. The second-order valence-corrected chi connectivity index (χ2v) is 7.83. The Morgan fingerprint density at radius 1 is 1.07 bits per heavy atom. The highest BCUT2D eigenvalue weighted by atomic mass is 16.5. The zero-order valence-electron chi connectivity index (χ0n) is 16.3. The maximum Gasteiger partial charge on any atom is 0.226 e. The van der Waals surface area contributed by atoms with Crippen molar-refractivity contribution in [1.82, 2.24) is 9.88 Å². The van der Waals surface area contributed by atoms with Gasteiger partial charge < -0.3 is 9.64 Å². The van der Waals surface area contributed by atoms with Crippen molar-refractivity contribution in [2.45, 2.75) is 51.5 Å². The molecule has 1 aromatic heterocycles. The second kappa shape index (κ2) is 7.71. The molecule has 1 aliphatic heterocycles. The Labute approximate surface area is 161 Å². The van der Waals surface area contributed by atoms with Crippen molar-refractivity contribution < 1.29 is 9.53 Å². The predicted octanol–water partition coefficient (Wildman–Crippen LogP) is 4.92. The van der Waals surface area contributed by atoms with Crippen LogP contribution in [0.3, 0.4) is 0 Å². The normalized spacial score (nSPS) is 20.2. The van der Waals surface area contributed by atoms with Crippen molar-refractivity contribution in [3.05, 3.63) is 47.8 Å². The Balaban J connectivity index is 1.64. The zero-order valence-corrected chi connectivity index (χ0v) is 16.3. The summed E-state index contributed by atoms with van der Waals surface area (Å²) in [6.07, 6.45) is 6.56. The molecule has 4 nitrogen and oxygen atoms in total. The lowest BCUT2D eigenvalue weighted by Crippen LogP contribution is -2.35. The highest BCUT2D eigenvalue weighted by Gasteiger charge is 2.35. The summed E-state index contributed by atoms with van der Waals surface area (Å²) in [5, 5.41) is 0. The third kappa shape index (κ3) is 3.71. The first-order chi connectivity index (χ1) is 13.2. The number of benzene rings is 1. The van der Waals surface area contributed by atoms with E-state index in [0.717, 1.165) is 60.5 Å². The highest BCUT2D eigenvalue weighted by molar-refractivity contribution is 5.80. The molecule has 1 saturated heterocycles. The molecule has 1 saturated carbocycles. The van der Waals surface area contributed by atoms with E-state index in [1.165, 1.54) is 12.8 Å². The summed E-state index contributed by atoms with van der Waals surface area (Å²) in [6, 6.07) is 12.5. The van der Waals surface area contributed by atoms with Gasteiger partial charge in [-0.3, -0.25) is 9.78 Å². The molecule has 1 aromatic carbocycles. The van der Waals surface area contributed by atoms with Gasteiger partial charge in [-0.25, -0.2) is 0 Å². The molecule has 142 valence electrons. The van der Waals surface area contributed by atoms with Crippen LogP contribution in [-0.2, 0) is 4.79 Å². The fourth-order valence-corrected chi connectivity index (χ4v) is 4.58. The van der Waals surface area contributed by atoms with Crippen LogP contribution in [0.4, 0.5) is 0 Å². The van der Waals surface area contributed by atoms with Gasteiger partial charge in [0.2, 0.25) is 5.91 Å². The number of likely N-dealkylation sites (tertiary alicyclic amines) is 1. The van der Waals surface area contributed by atoms with E-state index in [9.17, 15) is 4.79 Å². The monoisotopic (exact) mass is 364 g/mol. The number of aryl methyl sites for hydroxylation is 1. The molecule has 1 amide bonds. The maximum absolute atomic E-state index is 13.0. The number of pyridine rings is 1. The van der Waals surface area contributed by atoms with Crippen molar-refractivity contribution in [3.8, 4) is 16.9 Å². The number of ether oxygens (including phenoxy) is 1. The van der Waals surface area contributed by atoms with E-state index in [0.29, 0.717) is 5.91 Å². The van der Waals surface area contributed by atoms with Gasteiger partial charge in [-0.05, 0) is 68.0 Å². The molecular formula is C23H28N2O2. The summed E-state index contributed by atoms with van der Waals surface area (Å²) in [6.45, 7) is 2.90. The van der Waals surface area contributed by atoms with Crippen LogP contribution in [0.2, 0.25) is 0 Å². The Hall–Kier alpha value is -2.36. The Kier molecular flexibility index (Phi) is 5.15. The molecule has 2 aromatic rings. The minimum atomic E-state index is 0.113. The maximum atomic E-state index is 13.0. The number of methoxy groups -OCH3 is 1. The molecule has 1 atom stereocenters. The van der Waals surface area contributed by atoms with Gasteiger partial charge in [-0.2, -0.15) is 0 Å². The lowest BCUT2D eigenvalue weighted by molar-refractivity contribution is -0.136. The SMILES string of the molecule is COc1cccc(-c2cc(C)nc(C3CCCN3C(=O)C3CCCC3)c2)c1. The molecule has 2 heterocycles. The summed E-state index contributed by atoms with van der Waals surface area (Å²) >= 11 is 0. The van der Waals surface area contributed by atoms with Gasteiger partial charge >= 0.3 is 0 Å². The topological polar surface area (TPSA) is 42.4 Å². The van der Waals surface area contributed by atoms with E-state index in [2.05, 4.69) is 29.2 Å². The van der Waals surface area contributed by atoms with Crippen molar-refractivity contribution in [1.29, 1.82) is 0 Å². The second-order valence-electron chi connectivity index (χ2n) is 7.83. The number of rotatable bonds is 4. The number of hydrogen-bond acceptors (Lipinski definition) is 3. The largest absolute Gasteiger partial charge is 0.497 e. The number of carbonyl (C=O) groups is 1. The molecule has 4 rings (SSSR count). The summed E-state index contributed by atoms with van der Waals surface area (Å²) in [4.78, 5) is 20.0.